The fraction of sp³-hybridized carbons (Fsp3) is 0.273. The van der Waals surface area contributed by atoms with Crippen LogP contribution in [0.4, 0.5) is 5.69 Å². The van der Waals surface area contributed by atoms with Gasteiger partial charge in [-0.2, -0.15) is 0 Å². The van der Waals surface area contributed by atoms with Gasteiger partial charge in [-0.15, -0.1) is 0 Å². The third-order valence-corrected chi connectivity index (χ3v) is 4.89. The lowest BCUT2D eigenvalue weighted by atomic mass is 10.1. The van der Waals surface area contributed by atoms with Gasteiger partial charge in [0, 0.05) is 17.5 Å². The number of aryl methyl sites for hydroxylation is 1. The van der Waals surface area contributed by atoms with E-state index in [1.54, 1.807) is 38.3 Å². The third kappa shape index (κ3) is 3.76. The number of hydrogen-bond donors (Lipinski definition) is 1. The van der Waals surface area contributed by atoms with Crippen molar-refractivity contribution in [2.75, 3.05) is 26.6 Å². The summed E-state index contributed by atoms with van der Waals surface area (Å²) in [5, 5.41) is 3.68. The SMILES string of the molecule is COc1ccc(OC)c(NC(=O)C(C)n2c(=O)cc(C)c3cccc(OC)c32)c1. The van der Waals surface area contributed by atoms with Gasteiger partial charge in [0.2, 0.25) is 5.91 Å². The molecule has 7 heteroatoms. The second-order valence-electron chi connectivity index (χ2n) is 6.62. The van der Waals surface area contributed by atoms with Gasteiger partial charge in [-0.05, 0) is 37.6 Å². The number of benzene rings is 2. The molecular formula is C22H24N2O5. The van der Waals surface area contributed by atoms with Gasteiger partial charge >= 0.3 is 0 Å². The van der Waals surface area contributed by atoms with Crippen molar-refractivity contribution in [2.45, 2.75) is 19.9 Å². The molecule has 29 heavy (non-hydrogen) atoms. The summed E-state index contributed by atoms with van der Waals surface area (Å²) >= 11 is 0. The Kier molecular flexibility index (Phi) is 5.77. The van der Waals surface area contributed by atoms with Crippen molar-refractivity contribution in [3.8, 4) is 17.2 Å². The zero-order valence-electron chi connectivity index (χ0n) is 17.1. The van der Waals surface area contributed by atoms with Crippen LogP contribution in [0.5, 0.6) is 17.2 Å². The number of para-hydroxylation sites is 1. The maximum atomic E-state index is 13.1. The first-order valence-electron chi connectivity index (χ1n) is 9.13. The number of nitrogens with zero attached hydrogens (tertiary/aromatic N) is 1. The lowest BCUT2D eigenvalue weighted by molar-refractivity contribution is -0.118. The summed E-state index contributed by atoms with van der Waals surface area (Å²) in [6.07, 6.45) is 0. The van der Waals surface area contributed by atoms with Gasteiger partial charge in [0.25, 0.3) is 5.56 Å². The fourth-order valence-corrected chi connectivity index (χ4v) is 3.35. The first-order chi connectivity index (χ1) is 13.9. The number of aromatic nitrogens is 1. The fourth-order valence-electron chi connectivity index (χ4n) is 3.35. The molecule has 0 aliphatic heterocycles. The zero-order valence-corrected chi connectivity index (χ0v) is 17.1. The van der Waals surface area contributed by atoms with E-state index in [0.717, 1.165) is 10.9 Å². The van der Waals surface area contributed by atoms with Gasteiger partial charge in [-0.25, -0.2) is 0 Å². The quantitative estimate of drug-likeness (QED) is 0.690. The number of methoxy groups -OCH3 is 3. The van der Waals surface area contributed by atoms with Gasteiger partial charge < -0.3 is 19.5 Å². The summed E-state index contributed by atoms with van der Waals surface area (Å²) in [7, 11) is 4.60. The summed E-state index contributed by atoms with van der Waals surface area (Å²) < 4.78 is 17.5. The molecule has 2 aromatic carbocycles. The highest BCUT2D eigenvalue weighted by Crippen LogP contribution is 2.31. The normalized spacial score (nSPS) is 11.8. The third-order valence-electron chi connectivity index (χ3n) is 4.89. The number of pyridine rings is 1. The Hall–Kier alpha value is -3.48. The van der Waals surface area contributed by atoms with Crippen LogP contribution in [0.2, 0.25) is 0 Å². The van der Waals surface area contributed by atoms with Gasteiger partial charge in [0.05, 0.1) is 32.5 Å². The van der Waals surface area contributed by atoms with Crippen LogP contribution in [0.3, 0.4) is 0 Å². The van der Waals surface area contributed by atoms with Gasteiger partial charge in [-0.3, -0.25) is 14.2 Å². The number of fused-ring (bicyclic) bond motifs is 1. The van der Waals surface area contributed by atoms with Crippen molar-refractivity contribution in [3.05, 3.63) is 58.4 Å². The van der Waals surface area contributed by atoms with Crippen molar-refractivity contribution < 1.29 is 19.0 Å². The van der Waals surface area contributed by atoms with Crippen LogP contribution in [-0.4, -0.2) is 31.8 Å². The number of ether oxygens (including phenoxy) is 3. The van der Waals surface area contributed by atoms with Gasteiger partial charge in [0.15, 0.2) is 0 Å². The van der Waals surface area contributed by atoms with Crippen molar-refractivity contribution >= 4 is 22.5 Å². The number of rotatable bonds is 6. The van der Waals surface area contributed by atoms with E-state index in [4.69, 9.17) is 14.2 Å². The van der Waals surface area contributed by atoms with E-state index in [9.17, 15) is 9.59 Å². The molecule has 7 nitrogen and oxygen atoms in total. The number of carbonyl (C=O) groups is 1. The predicted molar refractivity (Wildman–Crippen MR) is 112 cm³/mol. The predicted octanol–water partition coefficient (Wildman–Crippen LogP) is 3.54. The minimum Gasteiger partial charge on any atom is -0.497 e. The molecule has 3 aromatic rings. The van der Waals surface area contributed by atoms with Crippen LogP contribution in [0, 0.1) is 6.92 Å². The maximum Gasteiger partial charge on any atom is 0.252 e. The molecule has 0 aliphatic carbocycles. The van der Waals surface area contributed by atoms with Crippen LogP contribution in [-0.2, 0) is 4.79 Å². The minimum atomic E-state index is -0.794. The van der Waals surface area contributed by atoms with Crippen molar-refractivity contribution in [3.63, 3.8) is 0 Å². The van der Waals surface area contributed by atoms with E-state index < -0.39 is 6.04 Å². The summed E-state index contributed by atoms with van der Waals surface area (Å²) in [5.41, 5.74) is 1.59. The molecule has 1 unspecified atom stereocenters. The smallest absolute Gasteiger partial charge is 0.252 e. The first-order valence-corrected chi connectivity index (χ1v) is 9.13. The van der Waals surface area contributed by atoms with Crippen molar-refractivity contribution in [2.24, 2.45) is 0 Å². The van der Waals surface area contributed by atoms with Crippen LogP contribution in [0.1, 0.15) is 18.5 Å². The zero-order chi connectivity index (χ0) is 21.1. The van der Waals surface area contributed by atoms with E-state index >= 15 is 0 Å². The van der Waals surface area contributed by atoms with E-state index in [-0.39, 0.29) is 11.5 Å². The van der Waals surface area contributed by atoms with Crippen LogP contribution in [0.25, 0.3) is 10.9 Å². The standard InChI is InChI=1S/C22H24N2O5/c1-13-11-20(25)24(21-16(13)7-6-8-19(21)29-5)14(2)22(26)23-17-12-15(27-3)9-10-18(17)28-4/h6-12,14H,1-5H3,(H,23,26). The van der Waals surface area contributed by atoms with E-state index in [0.29, 0.717) is 28.5 Å². The molecule has 1 atom stereocenters. The average molecular weight is 396 g/mol. The highest BCUT2D eigenvalue weighted by molar-refractivity contribution is 5.97. The van der Waals surface area contributed by atoms with Crippen LogP contribution < -0.4 is 25.1 Å². The molecule has 0 fully saturated rings. The molecule has 1 heterocycles. The minimum absolute atomic E-state index is 0.278. The van der Waals surface area contributed by atoms with Crippen molar-refractivity contribution in [1.82, 2.24) is 4.57 Å². The highest BCUT2D eigenvalue weighted by Gasteiger charge is 2.22. The Morgan fingerprint density at radius 1 is 1.00 bits per heavy atom. The number of anilines is 1. The Bertz CT molecular complexity index is 1120. The largest absolute Gasteiger partial charge is 0.497 e. The van der Waals surface area contributed by atoms with Gasteiger partial charge in [0.1, 0.15) is 23.3 Å². The Labute approximate surface area is 168 Å². The molecule has 1 aromatic heterocycles. The summed E-state index contributed by atoms with van der Waals surface area (Å²) in [5.74, 6) is 1.23. The monoisotopic (exact) mass is 396 g/mol. The van der Waals surface area contributed by atoms with Crippen LogP contribution >= 0.6 is 0 Å². The van der Waals surface area contributed by atoms with E-state index in [2.05, 4.69) is 5.32 Å². The first kappa shape index (κ1) is 20.3. The number of amides is 1. The Balaban J connectivity index is 2.08. The molecule has 0 bridgehead atoms. The van der Waals surface area contributed by atoms with Crippen LogP contribution in [0.15, 0.2) is 47.3 Å². The molecule has 1 amide bonds. The Morgan fingerprint density at radius 3 is 2.38 bits per heavy atom. The van der Waals surface area contributed by atoms with Crippen molar-refractivity contribution in [1.29, 1.82) is 0 Å². The second kappa shape index (κ2) is 8.26. The molecule has 0 radical (unpaired) electrons. The number of hydrogen-bond acceptors (Lipinski definition) is 5. The molecule has 3 rings (SSSR count). The summed E-state index contributed by atoms with van der Waals surface area (Å²) in [4.78, 5) is 25.9. The molecule has 0 spiro atoms. The maximum absolute atomic E-state index is 13.1. The molecule has 1 N–H and O–H groups in total. The molecule has 0 aliphatic rings. The average Bonchev–Trinajstić information content (AvgIpc) is 2.73. The van der Waals surface area contributed by atoms with E-state index in [1.165, 1.54) is 24.9 Å². The number of nitrogens with one attached hydrogen (secondary N) is 1. The molecule has 0 saturated carbocycles. The summed E-state index contributed by atoms with van der Waals surface area (Å²) in [6.45, 7) is 3.53. The number of carbonyl (C=O) groups excluding carboxylic acids is 1. The lowest BCUT2D eigenvalue weighted by Crippen LogP contribution is -2.32. The molecule has 152 valence electrons. The lowest BCUT2D eigenvalue weighted by Gasteiger charge is -2.21. The molecular weight excluding hydrogens is 372 g/mol. The molecule has 0 saturated heterocycles. The van der Waals surface area contributed by atoms with E-state index in [1.807, 2.05) is 19.1 Å². The summed E-state index contributed by atoms with van der Waals surface area (Å²) in [6, 6.07) is 11.4. The highest BCUT2D eigenvalue weighted by atomic mass is 16.5. The van der Waals surface area contributed by atoms with Gasteiger partial charge in [-0.1, -0.05) is 12.1 Å². The Morgan fingerprint density at radius 2 is 1.72 bits per heavy atom. The topological polar surface area (TPSA) is 78.8 Å². The second-order valence-corrected chi connectivity index (χ2v) is 6.62.